The molecule has 0 spiro atoms. The molecule has 8 nitrogen and oxygen atoms in total. The summed E-state index contributed by atoms with van der Waals surface area (Å²) in [7, 11) is 0. The van der Waals surface area contributed by atoms with Crippen molar-refractivity contribution in [2.24, 2.45) is 5.10 Å². The van der Waals surface area contributed by atoms with Gasteiger partial charge in [-0.15, -0.1) is 0 Å². The van der Waals surface area contributed by atoms with E-state index in [0.717, 1.165) is 0 Å². The van der Waals surface area contributed by atoms with Crippen molar-refractivity contribution in [3.05, 3.63) is 64.2 Å². The number of nitro benzene ring substituents is 1. The number of non-ortho nitro benzene ring substituents is 1. The van der Waals surface area contributed by atoms with Crippen LogP contribution in [0.3, 0.4) is 0 Å². The van der Waals surface area contributed by atoms with Gasteiger partial charge < -0.3 is 9.47 Å². The van der Waals surface area contributed by atoms with E-state index in [2.05, 4.69) is 10.5 Å². The number of benzene rings is 2. The van der Waals surface area contributed by atoms with Crippen molar-refractivity contribution in [1.29, 1.82) is 0 Å². The summed E-state index contributed by atoms with van der Waals surface area (Å²) in [4.78, 5) is 22.8. The van der Waals surface area contributed by atoms with Crippen LogP contribution in [0.4, 0.5) is 11.4 Å². The monoisotopic (exact) mass is 341 g/mol. The SMILES string of the molecule is CCOC1Oc2ccccc2C(=O)/C1=N\Nc1ccc([N+](=O)[O-])cc1. The summed E-state index contributed by atoms with van der Waals surface area (Å²) in [5.41, 5.74) is 3.67. The summed E-state index contributed by atoms with van der Waals surface area (Å²) in [5, 5.41) is 14.8. The van der Waals surface area contributed by atoms with Crippen LogP contribution in [0.5, 0.6) is 5.75 Å². The molecule has 25 heavy (non-hydrogen) atoms. The van der Waals surface area contributed by atoms with Gasteiger partial charge in [0.2, 0.25) is 12.1 Å². The quantitative estimate of drug-likeness (QED) is 0.662. The van der Waals surface area contributed by atoms with Gasteiger partial charge in [-0.25, -0.2) is 0 Å². The maximum absolute atomic E-state index is 12.6. The summed E-state index contributed by atoms with van der Waals surface area (Å²) in [5.74, 6) is 0.148. The van der Waals surface area contributed by atoms with Crippen molar-refractivity contribution in [2.45, 2.75) is 13.2 Å². The fraction of sp³-hybridized carbons (Fsp3) is 0.176. The topological polar surface area (TPSA) is 103 Å². The average Bonchev–Trinajstić information content (AvgIpc) is 2.62. The Balaban J connectivity index is 1.86. The number of fused-ring (bicyclic) bond motifs is 1. The molecule has 0 saturated carbocycles. The molecule has 1 aliphatic heterocycles. The van der Waals surface area contributed by atoms with E-state index in [9.17, 15) is 14.9 Å². The lowest BCUT2D eigenvalue weighted by Gasteiger charge is -2.25. The molecule has 2 aromatic rings. The first kappa shape index (κ1) is 16.6. The number of nitrogens with zero attached hydrogens (tertiary/aromatic N) is 2. The van der Waals surface area contributed by atoms with Crippen molar-refractivity contribution >= 4 is 22.9 Å². The number of carbonyl (C=O) groups is 1. The molecular weight excluding hydrogens is 326 g/mol. The van der Waals surface area contributed by atoms with E-state index in [4.69, 9.17) is 9.47 Å². The number of hydrogen-bond acceptors (Lipinski definition) is 7. The van der Waals surface area contributed by atoms with Gasteiger partial charge in [-0.3, -0.25) is 20.3 Å². The van der Waals surface area contributed by atoms with Gasteiger partial charge in [-0.05, 0) is 31.2 Å². The molecule has 0 radical (unpaired) electrons. The number of anilines is 1. The lowest BCUT2D eigenvalue weighted by molar-refractivity contribution is -0.384. The Labute approximate surface area is 143 Å². The largest absolute Gasteiger partial charge is 0.458 e. The number of ketones is 1. The summed E-state index contributed by atoms with van der Waals surface area (Å²) in [6.45, 7) is 2.13. The third-order valence-corrected chi connectivity index (χ3v) is 3.52. The van der Waals surface area contributed by atoms with E-state index >= 15 is 0 Å². The highest BCUT2D eigenvalue weighted by molar-refractivity contribution is 6.48. The molecule has 3 rings (SSSR count). The predicted molar refractivity (Wildman–Crippen MR) is 91.0 cm³/mol. The summed E-state index contributed by atoms with van der Waals surface area (Å²) < 4.78 is 11.1. The third-order valence-electron chi connectivity index (χ3n) is 3.52. The summed E-state index contributed by atoms with van der Waals surface area (Å²) >= 11 is 0. The van der Waals surface area contributed by atoms with E-state index < -0.39 is 11.2 Å². The Morgan fingerprint density at radius 3 is 2.64 bits per heavy atom. The highest BCUT2D eigenvalue weighted by Gasteiger charge is 2.34. The molecule has 0 saturated heterocycles. The van der Waals surface area contributed by atoms with E-state index in [-0.39, 0.29) is 17.2 Å². The first-order valence-corrected chi connectivity index (χ1v) is 7.60. The van der Waals surface area contributed by atoms with Gasteiger partial charge in [0.1, 0.15) is 5.75 Å². The maximum atomic E-state index is 12.6. The molecule has 1 atom stereocenters. The van der Waals surface area contributed by atoms with Gasteiger partial charge in [0.25, 0.3) is 5.69 Å². The highest BCUT2D eigenvalue weighted by Crippen LogP contribution is 2.27. The van der Waals surface area contributed by atoms with Gasteiger partial charge in [0.15, 0.2) is 5.71 Å². The van der Waals surface area contributed by atoms with Crippen LogP contribution in [0.25, 0.3) is 0 Å². The average molecular weight is 341 g/mol. The zero-order valence-corrected chi connectivity index (χ0v) is 13.3. The maximum Gasteiger partial charge on any atom is 0.269 e. The lowest BCUT2D eigenvalue weighted by Crippen LogP contribution is -2.40. The molecule has 0 amide bonds. The van der Waals surface area contributed by atoms with Crippen LogP contribution >= 0.6 is 0 Å². The Morgan fingerprint density at radius 2 is 1.96 bits per heavy atom. The van der Waals surface area contributed by atoms with Crippen molar-refractivity contribution in [3.8, 4) is 5.75 Å². The van der Waals surface area contributed by atoms with Gasteiger partial charge >= 0.3 is 0 Å². The Bertz CT molecular complexity index is 832. The molecule has 0 bridgehead atoms. The Morgan fingerprint density at radius 1 is 1.24 bits per heavy atom. The summed E-state index contributed by atoms with van der Waals surface area (Å²) in [6, 6.07) is 12.5. The van der Waals surface area contributed by atoms with Crippen LogP contribution in [0, 0.1) is 10.1 Å². The van der Waals surface area contributed by atoms with Crippen LogP contribution < -0.4 is 10.2 Å². The highest BCUT2D eigenvalue weighted by atomic mass is 16.7. The van der Waals surface area contributed by atoms with Crippen molar-refractivity contribution in [1.82, 2.24) is 0 Å². The third kappa shape index (κ3) is 3.48. The predicted octanol–water partition coefficient (Wildman–Crippen LogP) is 3.00. The minimum Gasteiger partial charge on any atom is -0.458 e. The lowest BCUT2D eigenvalue weighted by atomic mass is 10.0. The molecule has 0 fully saturated rings. The van der Waals surface area contributed by atoms with Crippen LogP contribution in [-0.4, -0.2) is 29.3 Å². The number of carbonyl (C=O) groups excluding carboxylic acids is 1. The number of nitrogens with one attached hydrogen (secondary N) is 1. The first-order valence-electron chi connectivity index (χ1n) is 7.60. The fourth-order valence-corrected chi connectivity index (χ4v) is 2.32. The van der Waals surface area contributed by atoms with Crippen molar-refractivity contribution in [2.75, 3.05) is 12.0 Å². The first-order chi connectivity index (χ1) is 12.1. The van der Waals surface area contributed by atoms with Crippen LogP contribution in [0.1, 0.15) is 17.3 Å². The molecule has 8 heteroatoms. The number of ether oxygens (including phenoxy) is 2. The molecule has 1 unspecified atom stereocenters. The molecule has 0 aliphatic carbocycles. The molecule has 1 N–H and O–H groups in total. The zero-order valence-electron chi connectivity index (χ0n) is 13.3. The molecule has 1 aliphatic rings. The number of nitro groups is 1. The molecule has 1 heterocycles. The second-order valence-electron chi connectivity index (χ2n) is 5.14. The minimum absolute atomic E-state index is 0.0311. The fourth-order valence-electron chi connectivity index (χ4n) is 2.32. The van der Waals surface area contributed by atoms with E-state index in [0.29, 0.717) is 23.6 Å². The normalized spacial score (nSPS) is 17.7. The van der Waals surface area contributed by atoms with Gasteiger partial charge in [-0.2, -0.15) is 5.10 Å². The van der Waals surface area contributed by atoms with Crippen LogP contribution in [0.15, 0.2) is 53.6 Å². The number of para-hydroxylation sites is 1. The molecular formula is C17H15N3O5. The van der Waals surface area contributed by atoms with Crippen LogP contribution in [-0.2, 0) is 4.74 Å². The van der Waals surface area contributed by atoms with Crippen molar-refractivity contribution in [3.63, 3.8) is 0 Å². The molecule has 2 aromatic carbocycles. The molecule has 128 valence electrons. The van der Waals surface area contributed by atoms with E-state index in [1.54, 1.807) is 31.2 Å². The second-order valence-corrected chi connectivity index (χ2v) is 5.14. The Kier molecular flexibility index (Phi) is 4.71. The molecule has 0 aromatic heterocycles. The number of Topliss-reactive ketones (excluding diaryl/α,β-unsaturated/α-hetero) is 1. The number of hydrogen-bond donors (Lipinski definition) is 1. The van der Waals surface area contributed by atoms with Gasteiger partial charge in [-0.1, -0.05) is 12.1 Å². The standard InChI is InChI=1S/C17H15N3O5/c1-2-24-17-15(16(21)13-5-3-4-6-14(13)25-17)19-18-11-7-9-12(10-8-11)20(22)23/h3-10,17-18H,2H2,1H3/b19-15+. The zero-order chi connectivity index (χ0) is 17.8. The number of hydrazone groups is 1. The number of rotatable bonds is 5. The van der Waals surface area contributed by atoms with Crippen LogP contribution in [0.2, 0.25) is 0 Å². The second kappa shape index (κ2) is 7.10. The summed E-state index contributed by atoms with van der Waals surface area (Å²) in [6.07, 6.45) is -0.919. The minimum atomic E-state index is -0.919. The van der Waals surface area contributed by atoms with E-state index in [1.807, 2.05) is 0 Å². The van der Waals surface area contributed by atoms with E-state index in [1.165, 1.54) is 24.3 Å². The van der Waals surface area contributed by atoms with Crippen molar-refractivity contribution < 1.29 is 19.2 Å². The van der Waals surface area contributed by atoms with Gasteiger partial charge in [0.05, 0.1) is 16.2 Å². The Hall–Kier alpha value is -3.26. The smallest absolute Gasteiger partial charge is 0.269 e. The van der Waals surface area contributed by atoms with Gasteiger partial charge in [0, 0.05) is 18.7 Å².